The van der Waals surface area contributed by atoms with Gasteiger partial charge in [0.2, 0.25) is 5.91 Å². The van der Waals surface area contributed by atoms with Crippen LogP contribution in [0.3, 0.4) is 0 Å². The molecule has 0 aliphatic heterocycles. The molecule has 0 saturated heterocycles. The third kappa shape index (κ3) is 3.51. The number of rotatable bonds is 4. The summed E-state index contributed by atoms with van der Waals surface area (Å²) in [5.41, 5.74) is 1.17. The minimum atomic E-state index is -0.560. The molecule has 6 heteroatoms. The molecule has 1 heterocycles. The Morgan fingerprint density at radius 1 is 0.926 bits per heavy atom. The molecule has 2 aromatic carbocycles. The van der Waals surface area contributed by atoms with Gasteiger partial charge in [0, 0.05) is 29.3 Å². The Morgan fingerprint density at radius 3 is 2.00 bits per heavy atom. The maximum atomic E-state index is 14.5. The van der Waals surface area contributed by atoms with Crippen LogP contribution in [0.2, 0.25) is 0 Å². The van der Waals surface area contributed by atoms with Gasteiger partial charge in [-0.25, -0.2) is 8.78 Å². The minimum absolute atomic E-state index is 0.141. The number of esters is 1. The zero-order valence-corrected chi connectivity index (χ0v) is 14.8. The third-order valence-corrected chi connectivity index (χ3v) is 4.24. The lowest BCUT2D eigenvalue weighted by atomic mass is 10.0. The van der Waals surface area contributed by atoms with Gasteiger partial charge in [-0.15, -0.1) is 0 Å². The number of nitrogens with zero attached hydrogens (tertiary/aromatic N) is 1. The summed E-state index contributed by atoms with van der Waals surface area (Å²) in [7, 11) is 1.24. The molecule has 0 fully saturated rings. The van der Waals surface area contributed by atoms with Gasteiger partial charge in [-0.2, -0.15) is 0 Å². The normalized spacial score (nSPS) is 10.7. The van der Waals surface area contributed by atoms with Crippen LogP contribution in [0.5, 0.6) is 0 Å². The van der Waals surface area contributed by atoms with E-state index in [0.29, 0.717) is 11.3 Å². The molecular formula is C21H17F2NO3. The topological polar surface area (TPSA) is 48.3 Å². The molecular weight excluding hydrogens is 352 g/mol. The van der Waals surface area contributed by atoms with Crippen LogP contribution in [0.1, 0.15) is 17.4 Å². The molecule has 4 nitrogen and oxygen atoms in total. The fourth-order valence-corrected chi connectivity index (χ4v) is 3.08. The van der Waals surface area contributed by atoms with E-state index in [1.165, 1.54) is 48.9 Å². The van der Waals surface area contributed by atoms with Gasteiger partial charge in [0.1, 0.15) is 11.6 Å². The second-order valence-electron chi connectivity index (χ2n) is 5.96. The van der Waals surface area contributed by atoms with Gasteiger partial charge in [0.05, 0.1) is 19.2 Å². The van der Waals surface area contributed by atoms with Gasteiger partial charge in [-0.05, 0) is 24.3 Å². The zero-order valence-electron chi connectivity index (χ0n) is 14.8. The lowest BCUT2D eigenvalue weighted by molar-refractivity contribution is -0.139. The first-order chi connectivity index (χ1) is 12.9. The monoisotopic (exact) mass is 369 g/mol. The number of halogens is 2. The van der Waals surface area contributed by atoms with Crippen LogP contribution in [0.25, 0.3) is 22.4 Å². The largest absolute Gasteiger partial charge is 0.469 e. The number of aromatic nitrogens is 1. The van der Waals surface area contributed by atoms with Crippen molar-refractivity contribution in [2.45, 2.75) is 13.3 Å². The van der Waals surface area contributed by atoms with Crippen molar-refractivity contribution < 1.29 is 23.1 Å². The Kier molecular flexibility index (Phi) is 5.16. The summed E-state index contributed by atoms with van der Waals surface area (Å²) in [4.78, 5) is 24.2. The number of carbonyl (C=O) groups is 2. The number of carbonyl (C=O) groups excluding carboxylic acids is 2. The van der Waals surface area contributed by atoms with Crippen molar-refractivity contribution in [1.29, 1.82) is 0 Å². The van der Waals surface area contributed by atoms with Crippen LogP contribution in [0.15, 0.2) is 54.6 Å². The van der Waals surface area contributed by atoms with Gasteiger partial charge in [0.25, 0.3) is 0 Å². The Morgan fingerprint density at radius 2 is 1.48 bits per heavy atom. The predicted octanol–water partition coefficient (Wildman–Crippen LogP) is 4.48. The fourth-order valence-electron chi connectivity index (χ4n) is 3.08. The van der Waals surface area contributed by atoms with Crippen LogP contribution in [0, 0.1) is 11.6 Å². The number of methoxy groups -OCH3 is 1. The van der Waals surface area contributed by atoms with E-state index in [2.05, 4.69) is 4.74 Å². The number of benzene rings is 2. The molecule has 1 aromatic heterocycles. The Balaban J connectivity index is 2.37. The molecule has 0 unspecified atom stereocenters. The van der Waals surface area contributed by atoms with E-state index in [4.69, 9.17) is 0 Å². The molecule has 0 N–H and O–H groups in total. The molecule has 0 amide bonds. The highest BCUT2D eigenvalue weighted by Crippen LogP contribution is 2.38. The highest BCUT2D eigenvalue weighted by atomic mass is 19.1. The van der Waals surface area contributed by atoms with Crippen LogP contribution in [-0.2, 0) is 16.0 Å². The van der Waals surface area contributed by atoms with E-state index in [-0.39, 0.29) is 23.2 Å². The zero-order chi connectivity index (χ0) is 19.6. The summed E-state index contributed by atoms with van der Waals surface area (Å²) >= 11 is 0. The van der Waals surface area contributed by atoms with E-state index in [0.717, 1.165) is 0 Å². The SMILES string of the molecule is COC(=O)Cc1cc(-c2ccccc2F)c(-c2ccccc2F)n1C(C)=O. The molecule has 3 aromatic rings. The van der Waals surface area contributed by atoms with Crippen LogP contribution >= 0.6 is 0 Å². The smallest absolute Gasteiger partial charge is 0.311 e. The molecule has 27 heavy (non-hydrogen) atoms. The standard InChI is InChI=1S/C21H17F2NO3/c1-13(25)24-14(12-20(26)27-2)11-17(15-7-3-5-9-18(15)22)21(24)16-8-4-6-10-19(16)23/h3-11H,12H2,1-2H3. The summed E-state index contributed by atoms with van der Waals surface area (Å²) in [6.45, 7) is 1.30. The van der Waals surface area contributed by atoms with Crippen molar-refractivity contribution in [1.82, 2.24) is 4.57 Å². The quantitative estimate of drug-likeness (QED) is 0.637. The fraction of sp³-hybridized carbons (Fsp3) is 0.143. The lowest BCUT2D eigenvalue weighted by Gasteiger charge is -2.12. The van der Waals surface area contributed by atoms with E-state index >= 15 is 0 Å². The van der Waals surface area contributed by atoms with Gasteiger partial charge < -0.3 is 4.74 Å². The van der Waals surface area contributed by atoms with E-state index in [9.17, 15) is 18.4 Å². The molecule has 0 spiro atoms. The Hall–Kier alpha value is -3.28. The molecule has 3 rings (SSSR count). The van der Waals surface area contributed by atoms with Gasteiger partial charge >= 0.3 is 5.97 Å². The Labute approximate surface area is 155 Å². The first-order valence-corrected chi connectivity index (χ1v) is 8.26. The highest BCUT2D eigenvalue weighted by molar-refractivity contribution is 5.93. The first kappa shape index (κ1) is 18.5. The van der Waals surface area contributed by atoms with E-state index in [1.54, 1.807) is 24.3 Å². The molecule has 0 atom stereocenters. The molecule has 0 aliphatic carbocycles. The van der Waals surface area contributed by atoms with Crippen molar-refractivity contribution >= 4 is 11.9 Å². The Bertz CT molecular complexity index is 1020. The summed E-state index contributed by atoms with van der Waals surface area (Å²) in [5.74, 6) is -2.05. The van der Waals surface area contributed by atoms with Gasteiger partial charge in [-0.1, -0.05) is 30.3 Å². The second kappa shape index (κ2) is 7.53. The lowest BCUT2D eigenvalue weighted by Crippen LogP contribution is -2.15. The van der Waals surface area contributed by atoms with Crippen molar-refractivity contribution in [2.75, 3.05) is 7.11 Å². The number of hydrogen-bond donors (Lipinski definition) is 0. The average molecular weight is 369 g/mol. The molecule has 138 valence electrons. The minimum Gasteiger partial charge on any atom is -0.469 e. The molecule has 0 saturated carbocycles. The van der Waals surface area contributed by atoms with Crippen LogP contribution in [-0.4, -0.2) is 23.6 Å². The number of ether oxygens (including phenoxy) is 1. The highest BCUT2D eigenvalue weighted by Gasteiger charge is 2.25. The van der Waals surface area contributed by atoms with Crippen molar-refractivity contribution in [3.05, 3.63) is 71.9 Å². The van der Waals surface area contributed by atoms with Crippen LogP contribution in [0.4, 0.5) is 8.78 Å². The molecule has 0 radical (unpaired) electrons. The number of hydrogen-bond acceptors (Lipinski definition) is 3. The summed E-state index contributed by atoms with van der Waals surface area (Å²) in [6.07, 6.45) is -0.202. The summed E-state index contributed by atoms with van der Waals surface area (Å²) in [6, 6.07) is 13.5. The maximum absolute atomic E-state index is 14.5. The van der Waals surface area contributed by atoms with Crippen molar-refractivity contribution in [3.63, 3.8) is 0 Å². The average Bonchev–Trinajstić information content (AvgIpc) is 3.01. The van der Waals surface area contributed by atoms with Gasteiger partial charge in [0.15, 0.2) is 0 Å². The summed E-state index contributed by atoms with van der Waals surface area (Å²) < 4.78 is 34.9. The first-order valence-electron chi connectivity index (χ1n) is 8.26. The van der Waals surface area contributed by atoms with Gasteiger partial charge in [-0.3, -0.25) is 14.2 Å². The third-order valence-electron chi connectivity index (χ3n) is 4.24. The second-order valence-corrected chi connectivity index (χ2v) is 5.96. The molecule has 0 bridgehead atoms. The predicted molar refractivity (Wildman–Crippen MR) is 97.2 cm³/mol. The van der Waals surface area contributed by atoms with E-state index < -0.39 is 23.5 Å². The van der Waals surface area contributed by atoms with Crippen molar-refractivity contribution in [2.24, 2.45) is 0 Å². The molecule has 0 aliphatic rings. The van der Waals surface area contributed by atoms with Crippen molar-refractivity contribution in [3.8, 4) is 22.4 Å². The summed E-state index contributed by atoms with van der Waals surface area (Å²) in [5, 5.41) is 0. The van der Waals surface area contributed by atoms with Crippen LogP contribution < -0.4 is 0 Å². The maximum Gasteiger partial charge on any atom is 0.311 e. The van der Waals surface area contributed by atoms with E-state index in [1.807, 2.05) is 0 Å².